The number of halogens is 2. The highest BCUT2D eigenvalue weighted by Crippen LogP contribution is 2.29. The average molecular weight is 404 g/mol. The minimum absolute atomic E-state index is 0.0223. The number of sulfonamides is 1. The Morgan fingerprint density at radius 2 is 1.80 bits per heavy atom. The van der Waals surface area contributed by atoms with Crippen LogP contribution in [0.3, 0.4) is 0 Å². The zero-order chi connectivity index (χ0) is 18.6. The number of para-hydroxylation sites is 1. The number of ether oxygens (including phenoxy) is 2. The summed E-state index contributed by atoms with van der Waals surface area (Å²) in [4.78, 5) is -0.0223. The third-order valence-corrected chi connectivity index (χ3v) is 6.03. The molecule has 0 radical (unpaired) electrons. The fourth-order valence-electron chi connectivity index (χ4n) is 2.35. The van der Waals surface area contributed by atoms with E-state index in [1.807, 2.05) is 18.2 Å². The van der Waals surface area contributed by atoms with E-state index in [-0.39, 0.29) is 16.5 Å². The SMILES string of the molecule is COc1ccccc1C(CNS(=O)(=O)c1cc(C)c(Cl)cc1Cl)OC. The summed E-state index contributed by atoms with van der Waals surface area (Å²) >= 11 is 12.0. The van der Waals surface area contributed by atoms with Gasteiger partial charge in [-0.2, -0.15) is 0 Å². The van der Waals surface area contributed by atoms with Crippen LogP contribution in [0.15, 0.2) is 41.3 Å². The van der Waals surface area contributed by atoms with Crippen LogP contribution in [0.1, 0.15) is 17.2 Å². The summed E-state index contributed by atoms with van der Waals surface area (Å²) in [6, 6.07) is 10.1. The van der Waals surface area contributed by atoms with Crippen LogP contribution in [0.5, 0.6) is 5.75 Å². The van der Waals surface area contributed by atoms with Crippen molar-refractivity contribution in [3.05, 3.63) is 57.6 Å². The maximum atomic E-state index is 12.6. The van der Waals surface area contributed by atoms with Crippen molar-refractivity contribution < 1.29 is 17.9 Å². The van der Waals surface area contributed by atoms with Gasteiger partial charge < -0.3 is 9.47 Å². The molecule has 1 unspecified atom stereocenters. The first-order valence-electron chi connectivity index (χ1n) is 7.41. The van der Waals surface area contributed by atoms with Gasteiger partial charge in [-0.3, -0.25) is 0 Å². The molecule has 2 aromatic rings. The molecule has 1 N–H and O–H groups in total. The molecular formula is C17H19Cl2NO4S. The van der Waals surface area contributed by atoms with Crippen LogP contribution < -0.4 is 9.46 Å². The largest absolute Gasteiger partial charge is 0.496 e. The number of methoxy groups -OCH3 is 2. The predicted molar refractivity (Wildman–Crippen MR) is 99.1 cm³/mol. The summed E-state index contributed by atoms with van der Waals surface area (Å²) in [5.41, 5.74) is 1.37. The smallest absolute Gasteiger partial charge is 0.242 e. The zero-order valence-corrected chi connectivity index (χ0v) is 16.4. The Labute approximate surface area is 157 Å². The lowest BCUT2D eigenvalue weighted by atomic mass is 10.1. The molecule has 0 heterocycles. The number of benzene rings is 2. The molecule has 0 aliphatic heterocycles. The molecular weight excluding hydrogens is 385 g/mol. The van der Waals surface area contributed by atoms with Gasteiger partial charge in [-0.05, 0) is 30.7 Å². The lowest BCUT2D eigenvalue weighted by Crippen LogP contribution is -2.29. The molecule has 5 nitrogen and oxygen atoms in total. The Hall–Kier alpha value is -1.31. The maximum Gasteiger partial charge on any atom is 0.242 e. The molecule has 25 heavy (non-hydrogen) atoms. The minimum Gasteiger partial charge on any atom is -0.496 e. The summed E-state index contributed by atoms with van der Waals surface area (Å²) in [5.74, 6) is 0.619. The van der Waals surface area contributed by atoms with E-state index in [0.29, 0.717) is 16.3 Å². The van der Waals surface area contributed by atoms with Crippen LogP contribution in [-0.2, 0) is 14.8 Å². The van der Waals surface area contributed by atoms with Crippen molar-refractivity contribution >= 4 is 33.2 Å². The Balaban J connectivity index is 2.25. The number of hydrogen-bond acceptors (Lipinski definition) is 4. The Bertz CT molecular complexity index is 856. The van der Waals surface area contributed by atoms with Crippen LogP contribution >= 0.6 is 23.2 Å². The third-order valence-electron chi connectivity index (χ3n) is 3.73. The zero-order valence-electron chi connectivity index (χ0n) is 14.0. The van der Waals surface area contributed by atoms with Crippen molar-refractivity contribution in [1.82, 2.24) is 4.72 Å². The van der Waals surface area contributed by atoms with Gasteiger partial charge in [0, 0.05) is 24.2 Å². The summed E-state index contributed by atoms with van der Waals surface area (Å²) in [7, 11) is -0.772. The molecule has 2 aromatic carbocycles. The highest BCUT2D eigenvalue weighted by Gasteiger charge is 2.23. The van der Waals surface area contributed by atoms with Crippen LogP contribution in [0.25, 0.3) is 0 Å². The molecule has 0 aliphatic rings. The summed E-state index contributed by atoms with van der Waals surface area (Å²) in [5, 5.41) is 0.474. The molecule has 0 fully saturated rings. The molecule has 0 saturated heterocycles. The molecule has 0 aliphatic carbocycles. The molecule has 2 rings (SSSR count). The highest BCUT2D eigenvalue weighted by molar-refractivity contribution is 7.89. The second kappa shape index (κ2) is 8.38. The quantitative estimate of drug-likeness (QED) is 0.759. The molecule has 0 spiro atoms. The van der Waals surface area contributed by atoms with E-state index in [1.165, 1.54) is 19.2 Å². The summed E-state index contributed by atoms with van der Waals surface area (Å²) in [6.07, 6.45) is -0.516. The predicted octanol–water partition coefficient (Wildman–Crippen LogP) is 3.98. The molecule has 0 aromatic heterocycles. The maximum absolute atomic E-state index is 12.6. The Morgan fingerprint density at radius 3 is 2.44 bits per heavy atom. The van der Waals surface area contributed by atoms with E-state index in [0.717, 1.165) is 5.56 Å². The van der Waals surface area contributed by atoms with E-state index < -0.39 is 16.1 Å². The minimum atomic E-state index is -3.82. The van der Waals surface area contributed by atoms with E-state index >= 15 is 0 Å². The van der Waals surface area contributed by atoms with Gasteiger partial charge >= 0.3 is 0 Å². The number of aryl methyl sites for hydroxylation is 1. The summed E-state index contributed by atoms with van der Waals surface area (Å²) in [6.45, 7) is 1.74. The summed E-state index contributed by atoms with van der Waals surface area (Å²) < 4.78 is 38.4. The standard InChI is InChI=1S/C17H19Cl2NO4S/c1-11-8-17(14(19)9-13(11)18)25(21,22)20-10-16(24-3)12-6-4-5-7-15(12)23-2/h4-9,16,20H,10H2,1-3H3. The molecule has 1 atom stereocenters. The van der Waals surface area contributed by atoms with E-state index in [9.17, 15) is 8.42 Å². The van der Waals surface area contributed by atoms with Crippen molar-refractivity contribution in [3.8, 4) is 5.75 Å². The molecule has 0 bridgehead atoms. The topological polar surface area (TPSA) is 64.6 Å². The molecule has 8 heteroatoms. The lowest BCUT2D eigenvalue weighted by molar-refractivity contribution is 0.105. The first kappa shape index (κ1) is 20.0. The van der Waals surface area contributed by atoms with Gasteiger partial charge in [0.05, 0.1) is 18.2 Å². The third kappa shape index (κ3) is 4.65. The van der Waals surface area contributed by atoms with Crippen molar-refractivity contribution in [3.63, 3.8) is 0 Å². The van der Waals surface area contributed by atoms with Crippen LogP contribution in [0.2, 0.25) is 10.0 Å². The van der Waals surface area contributed by atoms with Gasteiger partial charge in [0.1, 0.15) is 10.6 Å². The second-order valence-corrected chi connectivity index (χ2v) is 7.90. The lowest BCUT2D eigenvalue weighted by Gasteiger charge is -2.19. The van der Waals surface area contributed by atoms with Crippen molar-refractivity contribution in [2.75, 3.05) is 20.8 Å². The molecule has 136 valence electrons. The monoisotopic (exact) mass is 403 g/mol. The fourth-order valence-corrected chi connectivity index (χ4v) is 4.21. The van der Waals surface area contributed by atoms with Gasteiger partial charge in [-0.1, -0.05) is 41.4 Å². The first-order chi connectivity index (χ1) is 11.8. The van der Waals surface area contributed by atoms with Gasteiger partial charge in [0.15, 0.2) is 0 Å². The number of nitrogens with one attached hydrogen (secondary N) is 1. The van der Waals surface area contributed by atoms with Crippen molar-refractivity contribution in [2.45, 2.75) is 17.9 Å². The Morgan fingerprint density at radius 1 is 1.12 bits per heavy atom. The number of rotatable bonds is 7. The van der Waals surface area contributed by atoms with Gasteiger partial charge in [0.25, 0.3) is 0 Å². The average Bonchev–Trinajstić information content (AvgIpc) is 2.58. The Kier molecular flexibility index (Phi) is 6.71. The molecule has 0 saturated carbocycles. The van der Waals surface area contributed by atoms with E-state index in [4.69, 9.17) is 32.7 Å². The normalized spacial score (nSPS) is 12.8. The van der Waals surface area contributed by atoms with Crippen LogP contribution in [0.4, 0.5) is 0 Å². The van der Waals surface area contributed by atoms with E-state index in [1.54, 1.807) is 20.1 Å². The van der Waals surface area contributed by atoms with Gasteiger partial charge in [-0.15, -0.1) is 0 Å². The number of hydrogen-bond donors (Lipinski definition) is 1. The van der Waals surface area contributed by atoms with Crippen molar-refractivity contribution in [2.24, 2.45) is 0 Å². The van der Waals surface area contributed by atoms with Gasteiger partial charge in [-0.25, -0.2) is 13.1 Å². The molecule has 0 amide bonds. The van der Waals surface area contributed by atoms with Crippen molar-refractivity contribution in [1.29, 1.82) is 0 Å². The van der Waals surface area contributed by atoms with E-state index in [2.05, 4.69) is 4.72 Å². The van der Waals surface area contributed by atoms with Crippen LogP contribution in [-0.4, -0.2) is 29.2 Å². The second-order valence-electron chi connectivity index (χ2n) is 5.35. The fraction of sp³-hybridized carbons (Fsp3) is 0.294. The van der Waals surface area contributed by atoms with Gasteiger partial charge in [0.2, 0.25) is 10.0 Å². The first-order valence-corrected chi connectivity index (χ1v) is 9.65. The highest BCUT2D eigenvalue weighted by atomic mass is 35.5. The van der Waals surface area contributed by atoms with Crippen LogP contribution in [0, 0.1) is 6.92 Å².